The molecule has 0 spiro atoms. The van der Waals surface area contributed by atoms with E-state index in [1.807, 2.05) is 24.5 Å². The second-order valence-electron chi connectivity index (χ2n) is 2.59. The van der Waals surface area contributed by atoms with Gasteiger partial charge in [0.1, 0.15) is 0 Å². The summed E-state index contributed by atoms with van der Waals surface area (Å²) in [4.78, 5) is 1.88. The van der Waals surface area contributed by atoms with Crippen LogP contribution in [0.25, 0.3) is 10.1 Å². The van der Waals surface area contributed by atoms with Crippen molar-refractivity contribution in [3.8, 4) is 5.06 Å². The number of aromatic hydroxyl groups is 1. The maximum absolute atomic E-state index is 9.62. The van der Waals surface area contributed by atoms with E-state index in [1.165, 1.54) is 11.3 Å². The normalized spacial score (nSPS) is 10.9. The zero-order valence-electron chi connectivity index (χ0n) is 6.94. The van der Waals surface area contributed by atoms with Gasteiger partial charge in [0.2, 0.25) is 0 Å². The summed E-state index contributed by atoms with van der Waals surface area (Å²) >= 11 is 7.29. The Morgan fingerprint density at radius 2 is 2.23 bits per heavy atom. The van der Waals surface area contributed by atoms with E-state index in [4.69, 9.17) is 0 Å². The molecule has 13 heavy (non-hydrogen) atoms. The molecule has 0 aliphatic rings. The molecule has 1 aromatic heterocycles. The van der Waals surface area contributed by atoms with Crippen molar-refractivity contribution in [3.05, 3.63) is 18.2 Å². The van der Waals surface area contributed by atoms with E-state index < -0.39 is 0 Å². The van der Waals surface area contributed by atoms with Gasteiger partial charge in [-0.3, -0.25) is 0 Å². The van der Waals surface area contributed by atoms with Gasteiger partial charge in [-0.05, 0) is 12.3 Å². The Bertz CT molecular complexity index is 447. The van der Waals surface area contributed by atoms with E-state index in [2.05, 4.69) is 12.6 Å². The fourth-order valence-corrected chi connectivity index (χ4v) is 3.46. The molecule has 0 fully saturated rings. The van der Waals surface area contributed by atoms with Gasteiger partial charge in [0.25, 0.3) is 0 Å². The first-order valence-corrected chi connectivity index (χ1v) is 6.20. The molecule has 4 heteroatoms. The number of hydrogen-bond acceptors (Lipinski definition) is 4. The highest BCUT2D eigenvalue weighted by Gasteiger charge is 2.11. The van der Waals surface area contributed by atoms with Gasteiger partial charge in [0.15, 0.2) is 5.06 Å². The van der Waals surface area contributed by atoms with Gasteiger partial charge < -0.3 is 5.11 Å². The Morgan fingerprint density at radius 1 is 1.46 bits per heavy atom. The van der Waals surface area contributed by atoms with Crippen LogP contribution in [0.2, 0.25) is 0 Å². The lowest BCUT2D eigenvalue weighted by Gasteiger charge is -1.95. The molecule has 1 heterocycles. The van der Waals surface area contributed by atoms with E-state index in [1.54, 1.807) is 11.8 Å². The lowest BCUT2D eigenvalue weighted by Crippen LogP contribution is -1.68. The second kappa shape index (κ2) is 3.44. The quantitative estimate of drug-likeness (QED) is 0.574. The zero-order valence-corrected chi connectivity index (χ0v) is 9.47. The van der Waals surface area contributed by atoms with Crippen molar-refractivity contribution in [2.45, 2.75) is 9.79 Å². The monoisotopic (exact) mass is 228 g/mol. The van der Waals surface area contributed by atoms with E-state index >= 15 is 0 Å². The first-order chi connectivity index (χ1) is 6.24. The maximum Gasteiger partial charge on any atom is 0.186 e. The molecule has 1 N–H and O–H groups in total. The van der Waals surface area contributed by atoms with Crippen molar-refractivity contribution >= 4 is 45.8 Å². The van der Waals surface area contributed by atoms with Crippen molar-refractivity contribution in [1.29, 1.82) is 0 Å². The minimum absolute atomic E-state index is 0.393. The molecule has 0 saturated heterocycles. The van der Waals surface area contributed by atoms with Gasteiger partial charge in [-0.2, -0.15) is 0 Å². The average Bonchev–Trinajstić information content (AvgIpc) is 2.43. The zero-order chi connectivity index (χ0) is 9.42. The molecular weight excluding hydrogens is 220 g/mol. The molecule has 0 aliphatic carbocycles. The van der Waals surface area contributed by atoms with Crippen LogP contribution in [0, 0.1) is 0 Å². The highest BCUT2D eigenvalue weighted by atomic mass is 32.2. The highest BCUT2D eigenvalue weighted by Crippen LogP contribution is 2.44. The summed E-state index contributed by atoms with van der Waals surface area (Å²) in [5, 5.41) is 11.1. The van der Waals surface area contributed by atoms with Gasteiger partial charge in [-0.15, -0.1) is 24.4 Å². The number of thiol groups is 1. The molecule has 0 bridgehead atoms. The Hall–Kier alpha value is -0.320. The van der Waals surface area contributed by atoms with E-state index in [-0.39, 0.29) is 0 Å². The smallest absolute Gasteiger partial charge is 0.186 e. The number of thiophene rings is 1. The molecule has 0 unspecified atom stereocenters. The molecule has 0 atom stereocenters. The summed E-state index contributed by atoms with van der Waals surface area (Å²) in [6.45, 7) is 0. The largest absolute Gasteiger partial charge is 0.499 e. The number of thioether (sulfide) groups is 1. The molecule has 2 aromatic rings. The van der Waals surface area contributed by atoms with E-state index in [0.717, 1.165) is 19.9 Å². The summed E-state index contributed by atoms with van der Waals surface area (Å²) in [7, 11) is 0. The standard InChI is InChI=1S/C9H8OS3/c1-12-8-5-3-2-4-6(11)7(5)13-9(8)10/h2-4,10-11H,1H3. The average molecular weight is 228 g/mol. The molecule has 0 radical (unpaired) electrons. The van der Waals surface area contributed by atoms with Gasteiger partial charge >= 0.3 is 0 Å². The third-order valence-electron chi connectivity index (χ3n) is 1.84. The second-order valence-corrected chi connectivity index (χ2v) is 4.89. The first kappa shape index (κ1) is 9.24. The minimum Gasteiger partial charge on any atom is -0.499 e. The summed E-state index contributed by atoms with van der Waals surface area (Å²) < 4.78 is 1.06. The van der Waals surface area contributed by atoms with Crippen LogP contribution < -0.4 is 0 Å². The van der Waals surface area contributed by atoms with Crippen LogP contribution in [0.3, 0.4) is 0 Å². The van der Waals surface area contributed by atoms with Crippen molar-refractivity contribution in [2.24, 2.45) is 0 Å². The van der Waals surface area contributed by atoms with E-state index in [0.29, 0.717) is 5.06 Å². The third kappa shape index (κ3) is 1.43. The molecular formula is C9H8OS3. The van der Waals surface area contributed by atoms with Crippen LogP contribution in [0.4, 0.5) is 0 Å². The predicted octanol–water partition coefficient (Wildman–Crippen LogP) is 3.62. The van der Waals surface area contributed by atoms with Crippen LogP contribution in [0.15, 0.2) is 28.0 Å². The fourth-order valence-electron chi connectivity index (χ4n) is 1.27. The summed E-state index contributed by atoms with van der Waals surface area (Å²) in [5.74, 6) is 0. The van der Waals surface area contributed by atoms with Gasteiger partial charge in [0, 0.05) is 10.3 Å². The number of benzene rings is 1. The Balaban J connectivity index is 2.86. The van der Waals surface area contributed by atoms with Crippen LogP contribution in [0.1, 0.15) is 0 Å². The van der Waals surface area contributed by atoms with Gasteiger partial charge in [-0.1, -0.05) is 23.5 Å². The van der Waals surface area contributed by atoms with Crippen LogP contribution in [-0.4, -0.2) is 11.4 Å². The molecule has 1 aromatic carbocycles. The minimum atomic E-state index is 0.393. The van der Waals surface area contributed by atoms with Crippen molar-refractivity contribution in [2.75, 3.05) is 6.26 Å². The van der Waals surface area contributed by atoms with Crippen molar-refractivity contribution in [3.63, 3.8) is 0 Å². The molecule has 1 nitrogen and oxygen atoms in total. The number of fused-ring (bicyclic) bond motifs is 1. The lowest BCUT2D eigenvalue weighted by molar-refractivity contribution is 0.480. The van der Waals surface area contributed by atoms with Crippen LogP contribution in [0.5, 0.6) is 5.06 Å². The molecule has 0 amide bonds. The Morgan fingerprint density at radius 3 is 2.92 bits per heavy atom. The molecule has 68 valence electrons. The molecule has 2 rings (SSSR count). The fraction of sp³-hybridized carbons (Fsp3) is 0.111. The van der Waals surface area contributed by atoms with E-state index in [9.17, 15) is 5.11 Å². The third-order valence-corrected chi connectivity index (χ3v) is 4.35. The molecule has 0 aliphatic heterocycles. The summed E-state index contributed by atoms with van der Waals surface area (Å²) in [6, 6.07) is 5.90. The maximum atomic E-state index is 9.62. The predicted molar refractivity (Wildman–Crippen MR) is 62.5 cm³/mol. The first-order valence-electron chi connectivity index (χ1n) is 3.71. The summed E-state index contributed by atoms with van der Waals surface area (Å²) in [5.41, 5.74) is 0. The van der Waals surface area contributed by atoms with Crippen LogP contribution in [-0.2, 0) is 0 Å². The molecule has 0 saturated carbocycles. The van der Waals surface area contributed by atoms with Crippen molar-refractivity contribution < 1.29 is 5.11 Å². The SMILES string of the molecule is CSc1c(O)sc2c(S)cccc12. The Kier molecular flexibility index (Phi) is 2.45. The highest BCUT2D eigenvalue weighted by molar-refractivity contribution is 7.99. The topological polar surface area (TPSA) is 20.2 Å². The summed E-state index contributed by atoms with van der Waals surface area (Å²) in [6.07, 6.45) is 1.96. The van der Waals surface area contributed by atoms with Crippen molar-refractivity contribution in [1.82, 2.24) is 0 Å². The van der Waals surface area contributed by atoms with Gasteiger partial charge in [0.05, 0.1) is 9.60 Å². The van der Waals surface area contributed by atoms with Crippen LogP contribution >= 0.6 is 35.7 Å². The lowest BCUT2D eigenvalue weighted by atomic mass is 10.3. The Labute approximate surface area is 90.2 Å². The number of rotatable bonds is 1. The number of hydrogen-bond donors (Lipinski definition) is 2. The van der Waals surface area contributed by atoms with Gasteiger partial charge in [-0.25, -0.2) is 0 Å².